The van der Waals surface area contributed by atoms with E-state index in [-0.39, 0.29) is 12.3 Å². The molecule has 1 amide bonds. The fourth-order valence-corrected chi connectivity index (χ4v) is 4.09. The quantitative estimate of drug-likeness (QED) is 0.522. The monoisotopic (exact) mass is 432 g/mol. The molecule has 0 bridgehead atoms. The Morgan fingerprint density at radius 2 is 2.06 bits per heavy atom. The van der Waals surface area contributed by atoms with Gasteiger partial charge in [-0.25, -0.2) is 14.5 Å². The molecule has 0 aliphatic carbocycles. The highest BCUT2D eigenvalue weighted by Crippen LogP contribution is 2.36. The van der Waals surface area contributed by atoms with Gasteiger partial charge >= 0.3 is 6.09 Å². The third-order valence-electron chi connectivity index (χ3n) is 6.16. The number of fused-ring (bicyclic) bond motifs is 1. The van der Waals surface area contributed by atoms with Crippen LogP contribution in [0.1, 0.15) is 23.7 Å². The Hall–Kier alpha value is -3.88. The third kappa shape index (κ3) is 3.08. The maximum absolute atomic E-state index is 11.9. The van der Waals surface area contributed by atoms with Gasteiger partial charge in [-0.1, -0.05) is 18.2 Å². The Morgan fingerprint density at radius 1 is 1.22 bits per heavy atom. The van der Waals surface area contributed by atoms with Crippen molar-refractivity contribution < 1.29 is 14.3 Å². The molecule has 9 nitrogen and oxygen atoms in total. The molecule has 1 aliphatic heterocycles. The lowest BCUT2D eigenvalue weighted by atomic mass is 9.99. The molecule has 1 fully saturated rings. The van der Waals surface area contributed by atoms with Gasteiger partial charge in [-0.3, -0.25) is 10.00 Å². The number of hydrogen-bond acceptors (Lipinski definition) is 6. The van der Waals surface area contributed by atoms with Crippen molar-refractivity contribution in [2.45, 2.75) is 26.4 Å². The van der Waals surface area contributed by atoms with Gasteiger partial charge in [0.2, 0.25) is 0 Å². The first-order chi connectivity index (χ1) is 15.5. The highest BCUT2D eigenvalue weighted by atomic mass is 16.5. The molecule has 9 heteroatoms. The Balaban J connectivity index is 1.57. The molecule has 32 heavy (non-hydrogen) atoms. The third-order valence-corrected chi connectivity index (χ3v) is 6.16. The Bertz CT molecular complexity index is 1320. The predicted molar refractivity (Wildman–Crippen MR) is 119 cm³/mol. The summed E-state index contributed by atoms with van der Waals surface area (Å²) in [4.78, 5) is 18.5. The summed E-state index contributed by atoms with van der Waals surface area (Å²) in [6.45, 7) is 4.82. The van der Waals surface area contributed by atoms with Crippen LogP contribution in [0.4, 0.5) is 4.79 Å². The van der Waals surface area contributed by atoms with Crippen molar-refractivity contribution in [1.29, 1.82) is 0 Å². The molecule has 1 saturated heterocycles. The number of carbonyl (C=O) groups is 1. The van der Waals surface area contributed by atoms with E-state index in [1.807, 2.05) is 18.3 Å². The number of aromatic nitrogens is 5. The molecule has 0 radical (unpaired) electrons. The number of carbonyl (C=O) groups excluding carboxylic acids is 1. The zero-order valence-corrected chi connectivity index (χ0v) is 18.4. The molecular weight excluding hydrogens is 408 g/mol. The number of nitrogens with one attached hydrogen (secondary N) is 1. The molecule has 4 aromatic rings. The minimum atomic E-state index is -0.351. The van der Waals surface area contributed by atoms with Crippen molar-refractivity contribution in [3.63, 3.8) is 0 Å². The fourth-order valence-electron chi connectivity index (χ4n) is 4.09. The number of ether oxygens (including phenoxy) is 2. The van der Waals surface area contributed by atoms with E-state index in [0.29, 0.717) is 18.0 Å². The van der Waals surface area contributed by atoms with Gasteiger partial charge in [0.25, 0.3) is 0 Å². The summed E-state index contributed by atoms with van der Waals surface area (Å²) in [5.41, 5.74) is 7.17. The van der Waals surface area contributed by atoms with Crippen LogP contribution in [0.5, 0.6) is 5.75 Å². The first-order valence-corrected chi connectivity index (χ1v) is 10.4. The van der Waals surface area contributed by atoms with E-state index in [1.54, 1.807) is 22.9 Å². The standard InChI is InChI=1S/C23H24N6O3/c1-13-6-5-7-16(14(13)2)21-18(31-3)10-17-22(25-21)20(27-26-17)15-11-24-29(12-15)19-8-9-28(19)23(30)32-4/h5-7,10-12,19H,8-9H2,1-4H3,(H,26,27). The lowest BCUT2D eigenvalue weighted by Gasteiger charge is -2.39. The second-order valence-corrected chi connectivity index (χ2v) is 7.90. The van der Waals surface area contributed by atoms with Gasteiger partial charge < -0.3 is 9.47 Å². The lowest BCUT2D eigenvalue weighted by molar-refractivity contribution is 0.0230. The SMILES string of the molecule is COC(=O)N1CCC1n1cc(-c2n[nH]c3cc(OC)c(-c4cccc(C)c4C)nc23)cn1. The van der Waals surface area contributed by atoms with E-state index in [4.69, 9.17) is 14.5 Å². The second kappa shape index (κ2) is 7.67. The number of H-pyrrole nitrogens is 1. The lowest BCUT2D eigenvalue weighted by Crippen LogP contribution is -2.48. The van der Waals surface area contributed by atoms with Crippen molar-refractivity contribution in [2.24, 2.45) is 0 Å². The minimum Gasteiger partial charge on any atom is -0.494 e. The molecule has 4 heterocycles. The van der Waals surface area contributed by atoms with E-state index in [2.05, 4.69) is 41.3 Å². The summed E-state index contributed by atoms with van der Waals surface area (Å²) >= 11 is 0. The molecule has 1 aromatic carbocycles. The summed E-state index contributed by atoms with van der Waals surface area (Å²) < 4.78 is 12.3. The average molecular weight is 432 g/mol. The first-order valence-electron chi connectivity index (χ1n) is 10.4. The Morgan fingerprint density at radius 3 is 2.78 bits per heavy atom. The van der Waals surface area contributed by atoms with Crippen LogP contribution in [0.25, 0.3) is 33.5 Å². The van der Waals surface area contributed by atoms with Crippen LogP contribution < -0.4 is 4.74 Å². The van der Waals surface area contributed by atoms with Crippen LogP contribution in [0, 0.1) is 13.8 Å². The summed E-state index contributed by atoms with van der Waals surface area (Å²) in [6.07, 6.45) is 3.95. The van der Waals surface area contributed by atoms with Crippen LogP contribution in [0.2, 0.25) is 0 Å². The van der Waals surface area contributed by atoms with Gasteiger partial charge in [-0.2, -0.15) is 10.2 Å². The predicted octanol–water partition coefficient (Wildman–Crippen LogP) is 4.08. The second-order valence-electron chi connectivity index (χ2n) is 7.90. The fraction of sp³-hybridized carbons (Fsp3) is 0.304. The van der Waals surface area contributed by atoms with Crippen LogP contribution in [-0.2, 0) is 4.74 Å². The maximum Gasteiger partial charge on any atom is 0.411 e. The molecule has 3 aromatic heterocycles. The maximum atomic E-state index is 11.9. The molecule has 1 unspecified atom stereocenters. The van der Waals surface area contributed by atoms with E-state index in [0.717, 1.165) is 39.8 Å². The number of rotatable bonds is 4. The number of pyridine rings is 1. The largest absolute Gasteiger partial charge is 0.494 e. The molecule has 5 rings (SSSR count). The average Bonchev–Trinajstić information content (AvgIpc) is 3.40. The number of benzene rings is 1. The highest BCUT2D eigenvalue weighted by molar-refractivity contribution is 5.92. The normalized spacial score (nSPS) is 15.6. The van der Waals surface area contributed by atoms with Gasteiger partial charge in [0.15, 0.2) is 0 Å². The number of hydrogen-bond donors (Lipinski definition) is 1. The van der Waals surface area contributed by atoms with Crippen molar-refractivity contribution in [3.8, 4) is 28.3 Å². The summed E-state index contributed by atoms with van der Waals surface area (Å²) in [7, 11) is 3.03. The summed E-state index contributed by atoms with van der Waals surface area (Å²) in [6, 6.07) is 8.08. The Kier molecular flexibility index (Phi) is 4.80. The van der Waals surface area contributed by atoms with Gasteiger partial charge in [-0.05, 0) is 25.0 Å². The number of amides is 1. The molecule has 1 atom stereocenters. The molecule has 1 aliphatic rings. The first kappa shape index (κ1) is 20.0. The van der Waals surface area contributed by atoms with Crippen molar-refractivity contribution in [1.82, 2.24) is 29.9 Å². The molecular formula is C23H24N6O3. The number of aryl methyl sites for hydroxylation is 1. The van der Waals surface area contributed by atoms with Gasteiger partial charge in [0.05, 0.1) is 25.9 Å². The molecule has 0 saturated carbocycles. The van der Waals surface area contributed by atoms with Crippen LogP contribution in [-0.4, -0.2) is 56.7 Å². The van der Waals surface area contributed by atoms with Gasteiger partial charge in [0, 0.05) is 36.4 Å². The van der Waals surface area contributed by atoms with Crippen molar-refractivity contribution >= 4 is 17.1 Å². The molecule has 1 N–H and O–H groups in total. The smallest absolute Gasteiger partial charge is 0.411 e. The van der Waals surface area contributed by atoms with Crippen LogP contribution in [0.15, 0.2) is 36.7 Å². The van der Waals surface area contributed by atoms with Crippen LogP contribution in [0.3, 0.4) is 0 Å². The van der Waals surface area contributed by atoms with E-state index >= 15 is 0 Å². The number of aromatic amines is 1. The molecule has 0 spiro atoms. The highest BCUT2D eigenvalue weighted by Gasteiger charge is 2.35. The minimum absolute atomic E-state index is 0.153. The molecule has 164 valence electrons. The summed E-state index contributed by atoms with van der Waals surface area (Å²) in [5, 5.41) is 12.0. The van der Waals surface area contributed by atoms with E-state index in [1.165, 1.54) is 12.7 Å². The van der Waals surface area contributed by atoms with Crippen molar-refractivity contribution in [3.05, 3.63) is 47.8 Å². The Labute approximate surface area is 185 Å². The summed E-state index contributed by atoms with van der Waals surface area (Å²) in [5.74, 6) is 0.681. The van der Waals surface area contributed by atoms with E-state index < -0.39 is 0 Å². The van der Waals surface area contributed by atoms with Crippen molar-refractivity contribution in [2.75, 3.05) is 20.8 Å². The number of likely N-dealkylation sites (tertiary alicyclic amines) is 1. The van der Waals surface area contributed by atoms with Gasteiger partial charge in [0.1, 0.15) is 28.8 Å². The number of nitrogens with zero attached hydrogens (tertiary/aromatic N) is 5. The topological polar surface area (TPSA) is 98.2 Å². The zero-order chi connectivity index (χ0) is 22.4. The van der Waals surface area contributed by atoms with E-state index in [9.17, 15) is 4.79 Å². The van der Waals surface area contributed by atoms with Gasteiger partial charge in [-0.15, -0.1) is 0 Å². The zero-order valence-electron chi connectivity index (χ0n) is 18.4. The van der Waals surface area contributed by atoms with Crippen LogP contribution >= 0.6 is 0 Å². The number of methoxy groups -OCH3 is 2.